The van der Waals surface area contributed by atoms with Crippen LogP contribution in [-0.4, -0.2) is 31.5 Å². The van der Waals surface area contributed by atoms with Crippen LogP contribution in [0.4, 0.5) is 0 Å². The van der Waals surface area contributed by atoms with Crippen LogP contribution >= 0.6 is 11.8 Å². The molecule has 2 rings (SSSR count). The zero-order chi connectivity index (χ0) is 25.8. The van der Waals surface area contributed by atoms with Crippen molar-refractivity contribution in [2.24, 2.45) is 5.92 Å². The molecule has 0 radical (unpaired) electrons. The summed E-state index contributed by atoms with van der Waals surface area (Å²) in [6, 6.07) is 15.3. The van der Waals surface area contributed by atoms with Crippen molar-refractivity contribution in [2.45, 2.75) is 62.7 Å². The summed E-state index contributed by atoms with van der Waals surface area (Å²) in [6.07, 6.45) is 6.83. The van der Waals surface area contributed by atoms with Crippen LogP contribution in [0.25, 0.3) is 12.2 Å². The van der Waals surface area contributed by atoms with Crippen molar-refractivity contribution >= 4 is 45.3 Å². The highest BCUT2D eigenvalue weighted by molar-refractivity contribution is 7.99. The number of sulfone groups is 1. The van der Waals surface area contributed by atoms with Gasteiger partial charge < -0.3 is 0 Å². The summed E-state index contributed by atoms with van der Waals surface area (Å²) in [5.41, 5.74) is 2.26. The van der Waals surface area contributed by atoms with E-state index in [1.807, 2.05) is 36.0 Å². The van der Waals surface area contributed by atoms with Gasteiger partial charge in [0.25, 0.3) is 0 Å². The highest BCUT2D eigenvalue weighted by Gasteiger charge is 2.16. The zero-order valence-corrected chi connectivity index (χ0v) is 22.6. The molecule has 2 aromatic rings. The number of hydrogen-bond donors (Lipinski definition) is 0. The molecule has 1 atom stereocenters. The van der Waals surface area contributed by atoms with E-state index in [1.54, 1.807) is 12.1 Å². The standard InChI is InChI=1S/C29H36O4S2/c1-5-23(4)21-34-26-16-12-24(13-17-26)10-11-25-14-18-27(19-15-25)35(32,33)20-8-6-7-9-28(30)29(31)22(2)3/h10-19,23H,2,5-9,20-21H2,1,3-4H3/t23-/m1/s1. The van der Waals surface area contributed by atoms with Crippen molar-refractivity contribution < 1.29 is 18.0 Å². The second-order valence-corrected chi connectivity index (χ2v) is 12.2. The lowest BCUT2D eigenvalue weighted by molar-refractivity contribution is -0.134. The molecule has 0 spiro atoms. The maximum absolute atomic E-state index is 12.6. The first-order chi connectivity index (χ1) is 16.6. The third-order valence-electron chi connectivity index (χ3n) is 5.78. The molecule has 2 aromatic carbocycles. The Labute approximate surface area is 214 Å². The van der Waals surface area contributed by atoms with E-state index >= 15 is 0 Å². The minimum absolute atomic E-state index is 0.0200. The van der Waals surface area contributed by atoms with Crippen molar-refractivity contribution in [2.75, 3.05) is 11.5 Å². The van der Waals surface area contributed by atoms with Gasteiger partial charge in [0, 0.05) is 17.1 Å². The number of Topliss-reactive ketones (excluding diaryl/α,β-unsaturated/α-hetero) is 2. The van der Waals surface area contributed by atoms with Crippen molar-refractivity contribution in [1.29, 1.82) is 0 Å². The van der Waals surface area contributed by atoms with Gasteiger partial charge in [-0.2, -0.15) is 0 Å². The SMILES string of the molecule is C=C(C)C(=O)C(=O)CCCCCS(=O)(=O)c1ccc(C=Cc2ccc(SC[C@H](C)CC)cc2)cc1. The third-order valence-corrected chi connectivity index (χ3v) is 8.93. The van der Waals surface area contributed by atoms with Crippen LogP contribution in [0.1, 0.15) is 64.0 Å². The van der Waals surface area contributed by atoms with E-state index in [-0.39, 0.29) is 17.7 Å². The topological polar surface area (TPSA) is 68.3 Å². The van der Waals surface area contributed by atoms with Crippen molar-refractivity contribution in [3.63, 3.8) is 0 Å². The number of carbonyl (C=O) groups is 2. The van der Waals surface area contributed by atoms with Gasteiger partial charge in [0.05, 0.1) is 10.6 Å². The van der Waals surface area contributed by atoms with Gasteiger partial charge in [0.2, 0.25) is 11.6 Å². The van der Waals surface area contributed by atoms with Gasteiger partial charge in [-0.3, -0.25) is 9.59 Å². The predicted octanol–water partition coefficient (Wildman–Crippen LogP) is 7.04. The number of ketones is 2. The maximum Gasteiger partial charge on any atom is 0.223 e. The van der Waals surface area contributed by atoms with Gasteiger partial charge in [-0.05, 0) is 66.6 Å². The summed E-state index contributed by atoms with van der Waals surface area (Å²) in [4.78, 5) is 24.8. The smallest absolute Gasteiger partial charge is 0.223 e. The maximum atomic E-state index is 12.6. The fourth-order valence-corrected chi connectivity index (χ4v) is 5.65. The van der Waals surface area contributed by atoms with E-state index in [4.69, 9.17) is 0 Å². The average Bonchev–Trinajstić information content (AvgIpc) is 2.85. The Morgan fingerprint density at radius 3 is 2.06 bits per heavy atom. The molecule has 0 fully saturated rings. The first-order valence-electron chi connectivity index (χ1n) is 12.1. The van der Waals surface area contributed by atoms with Crippen molar-refractivity contribution in [3.8, 4) is 0 Å². The molecular formula is C29H36O4S2. The van der Waals surface area contributed by atoms with E-state index in [0.29, 0.717) is 30.1 Å². The van der Waals surface area contributed by atoms with Gasteiger partial charge in [0.1, 0.15) is 0 Å². The van der Waals surface area contributed by atoms with Gasteiger partial charge >= 0.3 is 0 Å². The molecule has 0 heterocycles. The number of rotatable bonds is 15. The lowest BCUT2D eigenvalue weighted by Gasteiger charge is -2.07. The van der Waals surface area contributed by atoms with Gasteiger partial charge in [-0.25, -0.2) is 8.42 Å². The van der Waals surface area contributed by atoms with Gasteiger partial charge in [-0.15, -0.1) is 11.8 Å². The first kappa shape index (κ1) is 28.8. The molecule has 0 amide bonds. The van der Waals surface area contributed by atoms with Crippen LogP contribution < -0.4 is 0 Å². The first-order valence-corrected chi connectivity index (χ1v) is 14.7. The van der Waals surface area contributed by atoms with Gasteiger partial charge in [-0.1, -0.05) is 69.7 Å². The number of allylic oxidation sites excluding steroid dienone is 1. The molecule has 0 aromatic heterocycles. The van der Waals surface area contributed by atoms with Gasteiger partial charge in [0.15, 0.2) is 9.84 Å². The largest absolute Gasteiger partial charge is 0.291 e. The van der Waals surface area contributed by atoms with Crippen molar-refractivity contribution in [3.05, 3.63) is 71.8 Å². The summed E-state index contributed by atoms with van der Waals surface area (Å²) in [5, 5.41) is 0. The molecule has 0 N–H and O–H groups in total. The Hall–Kier alpha value is -2.44. The Bertz CT molecular complexity index is 1130. The lowest BCUT2D eigenvalue weighted by Crippen LogP contribution is -2.14. The quantitative estimate of drug-likeness (QED) is 0.0841. The molecule has 6 heteroatoms. The molecule has 0 saturated carbocycles. The molecule has 0 aliphatic carbocycles. The van der Waals surface area contributed by atoms with Crippen molar-refractivity contribution in [1.82, 2.24) is 0 Å². The zero-order valence-electron chi connectivity index (χ0n) is 21.0. The lowest BCUT2D eigenvalue weighted by atomic mass is 10.1. The van der Waals surface area contributed by atoms with E-state index in [9.17, 15) is 18.0 Å². The third kappa shape index (κ3) is 9.98. The molecule has 0 bridgehead atoms. The summed E-state index contributed by atoms with van der Waals surface area (Å²) in [6.45, 7) is 9.47. The Kier molecular flexibility index (Phi) is 11.7. The van der Waals surface area contributed by atoms with Crippen LogP contribution in [0, 0.1) is 5.92 Å². The highest BCUT2D eigenvalue weighted by Crippen LogP contribution is 2.23. The monoisotopic (exact) mass is 512 g/mol. The number of hydrogen-bond acceptors (Lipinski definition) is 5. The Balaban J connectivity index is 1.83. The van der Waals surface area contributed by atoms with Crippen LogP contribution in [-0.2, 0) is 19.4 Å². The van der Waals surface area contributed by atoms with Crippen LogP contribution in [0.2, 0.25) is 0 Å². The fraction of sp³-hybridized carbons (Fsp3) is 0.379. The van der Waals surface area contributed by atoms with E-state index in [1.165, 1.54) is 18.2 Å². The second kappa shape index (κ2) is 14.2. The van der Waals surface area contributed by atoms with Crippen LogP contribution in [0.5, 0.6) is 0 Å². The predicted molar refractivity (Wildman–Crippen MR) is 147 cm³/mol. The number of unbranched alkanes of at least 4 members (excludes halogenated alkanes) is 2. The molecule has 0 aliphatic heterocycles. The van der Waals surface area contributed by atoms with Crippen LogP contribution in [0.15, 0.2) is 70.5 Å². The minimum Gasteiger partial charge on any atom is -0.291 e. The van der Waals surface area contributed by atoms with E-state index in [2.05, 4.69) is 44.7 Å². The normalized spacial score (nSPS) is 12.5. The van der Waals surface area contributed by atoms with E-state index < -0.39 is 21.4 Å². The number of benzene rings is 2. The Morgan fingerprint density at radius 1 is 0.943 bits per heavy atom. The summed E-state index contributed by atoms with van der Waals surface area (Å²) in [7, 11) is -3.39. The fourth-order valence-electron chi connectivity index (χ4n) is 3.23. The molecule has 0 unspecified atom stereocenters. The molecule has 0 aliphatic rings. The summed E-state index contributed by atoms with van der Waals surface area (Å²) < 4.78 is 25.2. The molecule has 4 nitrogen and oxygen atoms in total. The highest BCUT2D eigenvalue weighted by atomic mass is 32.2. The molecular weight excluding hydrogens is 476 g/mol. The second-order valence-electron chi connectivity index (χ2n) is 8.96. The number of carbonyl (C=O) groups excluding carboxylic acids is 2. The molecule has 35 heavy (non-hydrogen) atoms. The molecule has 0 saturated heterocycles. The average molecular weight is 513 g/mol. The van der Waals surface area contributed by atoms with Crippen LogP contribution in [0.3, 0.4) is 0 Å². The Morgan fingerprint density at radius 2 is 1.51 bits per heavy atom. The number of thioether (sulfide) groups is 1. The summed E-state index contributed by atoms with van der Waals surface area (Å²) >= 11 is 1.88. The minimum atomic E-state index is -3.39. The molecule has 188 valence electrons. The van der Waals surface area contributed by atoms with E-state index in [0.717, 1.165) is 16.9 Å². The summed E-state index contributed by atoms with van der Waals surface area (Å²) in [5.74, 6) is 0.851.